The van der Waals surface area contributed by atoms with Crippen LogP contribution >= 0.6 is 0 Å². The molecule has 0 atom stereocenters. The largest absolute Gasteiger partial charge is 0.372 e. The molecule has 6 nitrogen and oxygen atoms in total. The van der Waals surface area contributed by atoms with Crippen LogP contribution in [-0.4, -0.2) is 73.1 Å². The molecule has 154 valence electrons. The predicted octanol–water partition coefficient (Wildman–Crippen LogP) is 2.18. The summed E-state index contributed by atoms with van der Waals surface area (Å²) in [7, 11) is 0. The Kier molecular flexibility index (Phi) is 7.53. The Hall–Kier alpha value is -1.14. The summed E-state index contributed by atoms with van der Waals surface area (Å²) in [5, 5.41) is 3.30. The molecule has 0 aromatic heterocycles. The number of likely N-dealkylation sites (tertiary alicyclic amines) is 2. The maximum absolute atomic E-state index is 12.8. The molecule has 2 amide bonds. The standard InChI is InChI=1S/C21H37N3O3/c1-2-27-16-19(25)23-14-8-18(9-15-23)20(26)22-17-21(10-4-5-11-21)24-12-6-3-7-13-24/h18H,2-17H2,1H3,(H,22,26). The van der Waals surface area contributed by atoms with Gasteiger partial charge >= 0.3 is 0 Å². The van der Waals surface area contributed by atoms with E-state index in [0.29, 0.717) is 19.7 Å². The lowest BCUT2D eigenvalue weighted by molar-refractivity contribution is -0.139. The summed E-state index contributed by atoms with van der Waals surface area (Å²) in [5.41, 5.74) is 0.199. The number of amides is 2. The molecule has 0 radical (unpaired) electrons. The van der Waals surface area contributed by atoms with Gasteiger partial charge in [0.05, 0.1) is 0 Å². The molecule has 3 rings (SSSR count). The molecule has 2 saturated heterocycles. The maximum Gasteiger partial charge on any atom is 0.248 e. The summed E-state index contributed by atoms with van der Waals surface area (Å²) in [4.78, 5) is 29.3. The van der Waals surface area contributed by atoms with E-state index in [-0.39, 0.29) is 29.9 Å². The quantitative estimate of drug-likeness (QED) is 0.736. The van der Waals surface area contributed by atoms with Crippen LogP contribution < -0.4 is 5.32 Å². The molecule has 3 aliphatic rings. The van der Waals surface area contributed by atoms with Crippen molar-refractivity contribution in [3.8, 4) is 0 Å². The van der Waals surface area contributed by atoms with Crippen LogP contribution in [0.2, 0.25) is 0 Å². The molecule has 1 aliphatic carbocycles. The third-order valence-corrected chi connectivity index (χ3v) is 6.80. The zero-order valence-corrected chi connectivity index (χ0v) is 17.0. The Balaban J connectivity index is 1.45. The minimum atomic E-state index is 0.0425. The molecule has 27 heavy (non-hydrogen) atoms. The predicted molar refractivity (Wildman–Crippen MR) is 105 cm³/mol. The molecule has 0 bridgehead atoms. The second kappa shape index (κ2) is 9.87. The summed E-state index contributed by atoms with van der Waals surface area (Å²) in [6.45, 7) is 7.13. The molecule has 3 fully saturated rings. The molecule has 1 saturated carbocycles. The highest BCUT2D eigenvalue weighted by Gasteiger charge is 2.40. The van der Waals surface area contributed by atoms with Gasteiger partial charge in [-0.05, 0) is 58.5 Å². The van der Waals surface area contributed by atoms with Gasteiger partial charge in [0.15, 0.2) is 0 Å². The van der Waals surface area contributed by atoms with Crippen LogP contribution in [0.25, 0.3) is 0 Å². The Labute approximate surface area is 164 Å². The first-order valence-corrected chi connectivity index (χ1v) is 11.0. The van der Waals surface area contributed by atoms with E-state index in [2.05, 4.69) is 10.2 Å². The Bertz CT molecular complexity index is 491. The van der Waals surface area contributed by atoms with E-state index in [1.807, 2.05) is 11.8 Å². The van der Waals surface area contributed by atoms with Crippen molar-refractivity contribution < 1.29 is 14.3 Å². The highest BCUT2D eigenvalue weighted by molar-refractivity contribution is 5.80. The van der Waals surface area contributed by atoms with Crippen molar-refractivity contribution in [3.63, 3.8) is 0 Å². The second-order valence-corrected chi connectivity index (χ2v) is 8.49. The van der Waals surface area contributed by atoms with E-state index in [1.165, 1.54) is 58.0 Å². The normalized spacial score (nSPS) is 24.1. The number of carbonyl (C=O) groups excluding carboxylic acids is 2. The zero-order chi connectivity index (χ0) is 19.1. The lowest BCUT2D eigenvalue weighted by Gasteiger charge is -2.44. The first kappa shape index (κ1) is 20.6. The molecule has 2 aliphatic heterocycles. The lowest BCUT2D eigenvalue weighted by atomic mass is 9.91. The van der Waals surface area contributed by atoms with Crippen molar-refractivity contribution in [3.05, 3.63) is 0 Å². The Morgan fingerprint density at radius 3 is 2.30 bits per heavy atom. The fourth-order valence-electron chi connectivity index (χ4n) is 5.07. The van der Waals surface area contributed by atoms with E-state index >= 15 is 0 Å². The summed E-state index contributed by atoms with van der Waals surface area (Å²) in [6.07, 6.45) is 10.5. The minimum Gasteiger partial charge on any atom is -0.372 e. The van der Waals surface area contributed by atoms with Crippen LogP contribution in [0.15, 0.2) is 0 Å². The van der Waals surface area contributed by atoms with Gasteiger partial charge in [0.25, 0.3) is 0 Å². The van der Waals surface area contributed by atoms with Gasteiger partial charge in [-0.3, -0.25) is 14.5 Å². The zero-order valence-electron chi connectivity index (χ0n) is 17.0. The van der Waals surface area contributed by atoms with E-state index < -0.39 is 0 Å². The fourth-order valence-corrected chi connectivity index (χ4v) is 5.07. The first-order valence-electron chi connectivity index (χ1n) is 11.0. The average Bonchev–Trinajstić information content (AvgIpc) is 3.21. The lowest BCUT2D eigenvalue weighted by Crippen LogP contribution is -2.56. The van der Waals surface area contributed by atoms with Crippen LogP contribution in [0.1, 0.15) is 64.7 Å². The molecule has 6 heteroatoms. The number of piperidine rings is 2. The summed E-state index contributed by atoms with van der Waals surface area (Å²) >= 11 is 0. The first-order chi connectivity index (χ1) is 13.1. The number of hydrogen-bond acceptors (Lipinski definition) is 4. The third kappa shape index (κ3) is 5.23. The maximum atomic E-state index is 12.8. The van der Waals surface area contributed by atoms with Crippen LogP contribution in [0.3, 0.4) is 0 Å². The third-order valence-electron chi connectivity index (χ3n) is 6.80. The van der Waals surface area contributed by atoms with Crippen molar-refractivity contribution in [2.24, 2.45) is 5.92 Å². The van der Waals surface area contributed by atoms with E-state index in [4.69, 9.17) is 4.74 Å². The van der Waals surface area contributed by atoms with E-state index in [9.17, 15) is 9.59 Å². The molecule has 0 spiro atoms. The summed E-state index contributed by atoms with van der Waals surface area (Å²) in [5.74, 6) is 0.279. The highest BCUT2D eigenvalue weighted by atomic mass is 16.5. The molecular formula is C21H37N3O3. The summed E-state index contributed by atoms with van der Waals surface area (Å²) < 4.78 is 5.21. The van der Waals surface area contributed by atoms with Gasteiger partial charge in [-0.1, -0.05) is 19.3 Å². The fraction of sp³-hybridized carbons (Fsp3) is 0.905. The number of hydrogen-bond donors (Lipinski definition) is 1. The topological polar surface area (TPSA) is 61.9 Å². The van der Waals surface area contributed by atoms with Gasteiger partial charge in [0.2, 0.25) is 11.8 Å². The number of carbonyl (C=O) groups is 2. The van der Waals surface area contributed by atoms with Crippen LogP contribution in [0.4, 0.5) is 0 Å². The van der Waals surface area contributed by atoms with Crippen LogP contribution in [-0.2, 0) is 14.3 Å². The number of ether oxygens (including phenoxy) is 1. The van der Waals surface area contributed by atoms with Crippen molar-refractivity contribution in [1.82, 2.24) is 15.1 Å². The van der Waals surface area contributed by atoms with E-state index in [1.54, 1.807) is 0 Å². The van der Waals surface area contributed by atoms with Crippen LogP contribution in [0, 0.1) is 5.92 Å². The van der Waals surface area contributed by atoms with Gasteiger partial charge in [-0.15, -0.1) is 0 Å². The second-order valence-electron chi connectivity index (χ2n) is 8.49. The number of rotatable bonds is 7. The van der Waals surface area contributed by atoms with E-state index in [0.717, 1.165) is 19.4 Å². The van der Waals surface area contributed by atoms with Crippen molar-refractivity contribution in [1.29, 1.82) is 0 Å². The molecule has 0 aromatic rings. The highest BCUT2D eigenvalue weighted by Crippen LogP contribution is 2.36. The Morgan fingerprint density at radius 2 is 1.67 bits per heavy atom. The molecule has 0 aromatic carbocycles. The smallest absolute Gasteiger partial charge is 0.248 e. The molecule has 1 N–H and O–H groups in total. The van der Waals surface area contributed by atoms with Gasteiger partial charge in [-0.25, -0.2) is 0 Å². The average molecular weight is 380 g/mol. The summed E-state index contributed by atoms with van der Waals surface area (Å²) in [6, 6.07) is 0. The number of nitrogens with one attached hydrogen (secondary N) is 1. The molecular weight excluding hydrogens is 342 g/mol. The van der Waals surface area contributed by atoms with Gasteiger partial charge in [0, 0.05) is 37.7 Å². The van der Waals surface area contributed by atoms with Gasteiger partial charge < -0.3 is 15.0 Å². The van der Waals surface area contributed by atoms with Crippen molar-refractivity contribution in [2.45, 2.75) is 70.3 Å². The SMILES string of the molecule is CCOCC(=O)N1CCC(C(=O)NCC2(N3CCCCC3)CCCC2)CC1. The number of nitrogens with zero attached hydrogens (tertiary/aromatic N) is 2. The minimum absolute atomic E-state index is 0.0425. The monoisotopic (exact) mass is 379 g/mol. The van der Waals surface area contributed by atoms with Crippen LogP contribution in [0.5, 0.6) is 0 Å². The molecule has 2 heterocycles. The van der Waals surface area contributed by atoms with Crippen molar-refractivity contribution >= 4 is 11.8 Å². The van der Waals surface area contributed by atoms with Gasteiger partial charge in [0.1, 0.15) is 6.61 Å². The van der Waals surface area contributed by atoms with Crippen molar-refractivity contribution in [2.75, 3.05) is 45.9 Å². The molecule has 0 unspecified atom stereocenters. The van der Waals surface area contributed by atoms with Gasteiger partial charge in [-0.2, -0.15) is 0 Å². The Morgan fingerprint density at radius 1 is 1.00 bits per heavy atom.